The first-order valence-corrected chi connectivity index (χ1v) is 9.37. The summed E-state index contributed by atoms with van der Waals surface area (Å²) in [6.07, 6.45) is 3.48. The number of nitrogens with one attached hydrogen (secondary N) is 3. The van der Waals surface area contributed by atoms with Gasteiger partial charge in [0.1, 0.15) is 0 Å². The molecule has 140 valence electrons. The summed E-state index contributed by atoms with van der Waals surface area (Å²) >= 11 is 1.56. The largest absolute Gasteiger partial charge is 0.355 e. The molecule has 2 aromatic heterocycles. The number of urea groups is 1. The number of amides is 2. The fourth-order valence-corrected chi connectivity index (χ4v) is 3.06. The first kappa shape index (κ1) is 18.7. The van der Waals surface area contributed by atoms with Gasteiger partial charge in [-0.15, -0.1) is 11.3 Å². The summed E-state index contributed by atoms with van der Waals surface area (Å²) in [6.45, 7) is 0.867. The van der Waals surface area contributed by atoms with Crippen LogP contribution in [0.1, 0.15) is 11.3 Å². The minimum absolute atomic E-state index is 0.214. The lowest BCUT2D eigenvalue weighted by Crippen LogP contribution is -2.34. The fraction of sp³-hybridized carbons (Fsp3) is 0.211. The van der Waals surface area contributed by atoms with Gasteiger partial charge in [-0.2, -0.15) is 0 Å². The van der Waals surface area contributed by atoms with Gasteiger partial charge in [0.15, 0.2) is 5.13 Å². The number of aromatic nitrogens is 2. The van der Waals surface area contributed by atoms with Gasteiger partial charge >= 0.3 is 6.03 Å². The number of thiazole rings is 1. The number of benzene rings is 1. The monoisotopic (exact) mass is 382 g/mol. The number of hydrogen-bond donors (Lipinski definition) is 3. The molecule has 2 amide bonds. The number of anilines is 3. The van der Waals surface area contributed by atoms with Crippen LogP contribution < -0.4 is 20.9 Å². The van der Waals surface area contributed by atoms with Gasteiger partial charge in [0, 0.05) is 49.8 Å². The Hall–Kier alpha value is -3.13. The SMILES string of the molecule is CN(C)c1nc(CNC(=O)NCc2ccc(Nc3ccncc3)cc2)cs1. The first-order chi connectivity index (χ1) is 13.1. The molecule has 0 aliphatic rings. The molecule has 0 radical (unpaired) electrons. The van der Waals surface area contributed by atoms with Crippen molar-refractivity contribution in [1.82, 2.24) is 20.6 Å². The van der Waals surface area contributed by atoms with Crippen LogP contribution >= 0.6 is 11.3 Å². The molecule has 3 N–H and O–H groups in total. The van der Waals surface area contributed by atoms with Crippen molar-refractivity contribution in [3.8, 4) is 0 Å². The molecule has 1 aromatic carbocycles. The van der Waals surface area contributed by atoms with Crippen LogP contribution in [0, 0.1) is 0 Å². The van der Waals surface area contributed by atoms with Crippen LogP contribution in [0.15, 0.2) is 54.2 Å². The van der Waals surface area contributed by atoms with Crippen molar-refractivity contribution >= 4 is 33.9 Å². The lowest BCUT2D eigenvalue weighted by molar-refractivity contribution is 0.240. The molecule has 0 saturated heterocycles. The van der Waals surface area contributed by atoms with E-state index in [1.165, 1.54) is 0 Å². The molecule has 3 aromatic rings. The summed E-state index contributed by atoms with van der Waals surface area (Å²) in [6, 6.07) is 11.5. The zero-order valence-corrected chi connectivity index (χ0v) is 16.1. The normalized spacial score (nSPS) is 10.3. The summed E-state index contributed by atoms with van der Waals surface area (Å²) in [4.78, 5) is 22.3. The molecule has 0 aliphatic heterocycles. The predicted molar refractivity (Wildman–Crippen MR) is 109 cm³/mol. The average Bonchev–Trinajstić information content (AvgIpc) is 3.16. The van der Waals surface area contributed by atoms with Gasteiger partial charge in [-0.1, -0.05) is 12.1 Å². The molecule has 0 atom stereocenters. The number of nitrogens with zero attached hydrogens (tertiary/aromatic N) is 3. The molecule has 3 rings (SSSR count). The van der Waals surface area contributed by atoms with Crippen LogP contribution in [-0.2, 0) is 13.1 Å². The molecule has 0 saturated carbocycles. The highest BCUT2D eigenvalue weighted by molar-refractivity contribution is 7.13. The Bertz CT molecular complexity index is 863. The second kappa shape index (κ2) is 9.00. The van der Waals surface area contributed by atoms with E-state index >= 15 is 0 Å². The van der Waals surface area contributed by atoms with Gasteiger partial charge in [0.25, 0.3) is 0 Å². The molecule has 2 heterocycles. The molecule has 0 spiro atoms. The average molecular weight is 382 g/mol. The summed E-state index contributed by atoms with van der Waals surface area (Å²) < 4.78 is 0. The van der Waals surface area contributed by atoms with E-state index in [1.807, 2.05) is 60.8 Å². The quantitative estimate of drug-likeness (QED) is 0.584. The van der Waals surface area contributed by atoms with Gasteiger partial charge in [0.05, 0.1) is 12.2 Å². The third-order valence-electron chi connectivity index (χ3n) is 3.73. The Balaban J connectivity index is 1.43. The zero-order chi connectivity index (χ0) is 19.1. The number of rotatable bonds is 7. The maximum absolute atomic E-state index is 12.0. The number of carbonyl (C=O) groups is 1. The summed E-state index contributed by atoms with van der Waals surface area (Å²) in [5, 5.41) is 11.8. The molecular formula is C19H22N6OS. The van der Waals surface area contributed by atoms with Crippen molar-refractivity contribution in [3.05, 3.63) is 65.4 Å². The van der Waals surface area contributed by atoms with Crippen molar-refractivity contribution in [2.75, 3.05) is 24.3 Å². The highest BCUT2D eigenvalue weighted by Gasteiger charge is 2.06. The van der Waals surface area contributed by atoms with E-state index in [4.69, 9.17) is 0 Å². The molecule has 0 aliphatic carbocycles. The van der Waals surface area contributed by atoms with Gasteiger partial charge < -0.3 is 20.9 Å². The van der Waals surface area contributed by atoms with Crippen LogP contribution in [0.2, 0.25) is 0 Å². The molecule has 0 bridgehead atoms. The van der Waals surface area contributed by atoms with Gasteiger partial charge in [-0.25, -0.2) is 9.78 Å². The Morgan fingerprint density at radius 3 is 2.33 bits per heavy atom. The van der Waals surface area contributed by atoms with E-state index in [-0.39, 0.29) is 6.03 Å². The van der Waals surface area contributed by atoms with Gasteiger partial charge in [-0.05, 0) is 29.8 Å². The van der Waals surface area contributed by atoms with Crippen LogP contribution in [0.25, 0.3) is 0 Å². The fourth-order valence-electron chi connectivity index (χ4n) is 2.31. The van der Waals surface area contributed by atoms with Crippen molar-refractivity contribution in [3.63, 3.8) is 0 Å². The Kier molecular flexibility index (Phi) is 6.22. The molecule has 0 unspecified atom stereocenters. The van der Waals surface area contributed by atoms with Crippen molar-refractivity contribution in [1.29, 1.82) is 0 Å². The molecular weight excluding hydrogens is 360 g/mol. The van der Waals surface area contributed by atoms with E-state index in [0.29, 0.717) is 13.1 Å². The van der Waals surface area contributed by atoms with E-state index in [9.17, 15) is 4.79 Å². The topological polar surface area (TPSA) is 82.2 Å². The molecule has 27 heavy (non-hydrogen) atoms. The number of pyridine rings is 1. The Labute approximate surface area is 162 Å². The Morgan fingerprint density at radius 2 is 1.67 bits per heavy atom. The third-order valence-corrected chi connectivity index (χ3v) is 4.79. The standard InChI is InChI=1S/C19H22N6OS/c1-25(2)19-24-17(13-27-19)12-22-18(26)21-11-14-3-5-15(6-4-14)23-16-7-9-20-10-8-16/h3-10,13H,11-12H2,1-2H3,(H,20,23)(H2,21,22,26). The third kappa shape index (κ3) is 5.68. The lowest BCUT2D eigenvalue weighted by Gasteiger charge is -2.09. The first-order valence-electron chi connectivity index (χ1n) is 8.49. The summed E-state index contributed by atoms with van der Waals surface area (Å²) in [7, 11) is 3.89. The highest BCUT2D eigenvalue weighted by atomic mass is 32.1. The van der Waals surface area contributed by atoms with E-state index in [2.05, 4.69) is 25.9 Å². The molecule has 7 nitrogen and oxygen atoms in total. The van der Waals surface area contributed by atoms with Gasteiger partial charge in [0.2, 0.25) is 0 Å². The number of carbonyl (C=O) groups excluding carboxylic acids is 1. The molecule has 8 heteroatoms. The van der Waals surface area contributed by atoms with Crippen LogP contribution in [0.3, 0.4) is 0 Å². The van der Waals surface area contributed by atoms with Crippen LogP contribution in [-0.4, -0.2) is 30.1 Å². The van der Waals surface area contributed by atoms with Crippen molar-refractivity contribution in [2.45, 2.75) is 13.1 Å². The van der Waals surface area contributed by atoms with Crippen molar-refractivity contribution in [2.24, 2.45) is 0 Å². The smallest absolute Gasteiger partial charge is 0.315 e. The maximum Gasteiger partial charge on any atom is 0.315 e. The summed E-state index contributed by atoms with van der Waals surface area (Å²) in [5.74, 6) is 0. The second-order valence-corrected chi connectivity index (χ2v) is 6.95. The van der Waals surface area contributed by atoms with E-state index in [1.54, 1.807) is 23.7 Å². The van der Waals surface area contributed by atoms with E-state index < -0.39 is 0 Å². The minimum Gasteiger partial charge on any atom is -0.355 e. The van der Waals surface area contributed by atoms with Crippen LogP contribution in [0.4, 0.5) is 21.3 Å². The molecule has 0 fully saturated rings. The van der Waals surface area contributed by atoms with Crippen molar-refractivity contribution < 1.29 is 4.79 Å². The second-order valence-electron chi connectivity index (χ2n) is 6.11. The number of hydrogen-bond acceptors (Lipinski definition) is 6. The maximum atomic E-state index is 12.0. The minimum atomic E-state index is -0.214. The van der Waals surface area contributed by atoms with Gasteiger partial charge in [-0.3, -0.25) is 4.98 Å². The highest BCUT2D eigenvalue weighted by Crippen LogP contribution is 2.18. The Morgan fingerprint density at radius 1 is 1.00 bits per heavy atom. The summed E-state index contributed by atoms with van der Waals surface area (Å²) in [5.41, 5.74) is 3.84. The zero-order valence-electron chi connectivity index (χ0n) is 15.3. The van der Waals surface area contributed by atoms with E-state index in [0.717, 1.165) is 27.8 Å². The lowest BCUT2D eigenvalue weighted by atomic mass is 10.2. The predicted octanol–water partition coefficient (Wildman–Crippen LogP) is 3.35. The van der Waals surface area contributed by atoms with Crippen LogP contribution in [0.5, 0.6) is 0 Å².